The predicted octanol–water partition coefficient (Wildman–Crippen LogP) is 3.74. The Kier molecular flexibility index (Phi) is 4.57. The van der Waals surface area contributed by atoms with Crippen LogP contribution < -0.4 is 0 Å². The third-order valence-electron chi connectivity index (χ3n) is 5.48. The van der Waals surface area contributed by atoms with Crippen LogP contribution >= 0.6 is 0 Å². The lowest BCUT2D eigenvalue weighted by atomic mass is 9.67. The Morgan fingerprint density at radius 3 is 2.54 bits per heavy atom. The number of carbonyl (C=O) groups excluding carboxylic acids is 2. The van der Waals surface area contributed by atoms with Crippen molar-refractivity contribution in [2.75, 3.05) is 0 Å². The van der Waals surface area contributed by atoms with E-state index in [1.165, 1.54) is 0 Å². The van der Waals surface area contributed by atoms with Gasteiger partial charge in [-0.3, -0.25) is 9.59 Å². The summed E-state index contributed by atoms with van der Waals surface area (Å²) >= 11 is 0. The summed E-state index contributed by atoms with van der Waals surface area (Å²) in [6.45, 7) is 1.73. The number of aromatic nitrogens is 2. The number of ether oxygens (including phenoxy) is 1. The number of carbonyl (C=O) groups is 2. The summed E-state index contributed by atoms with van der Waals surface area (Å²) in [4.78, 5) is 24.7. The lowest BCUT2D eigenvalue weighted by molar-refractivity contribution is -0.159. The molecule has 2 aromatic rings. The molecular formula is C20H22N2O4. The van der Waals surface area contributed by atoms with Crippen LogP contribution in [0.5, 0.6) is 0 Å². The number of rotatable bonds is 4. The topological polar surface area (TPSA) is 82.3 Å². The summed E-state index contributed by atoms with van der Waals surface area (Å²) in [5.74, 6) is 0.624. The zero-order valence-electron chi connectivity index (χ0n) is 14.8. The van der Waals surface area contributed by atoms with Crippen molar-refractivity contribution in [3.8, 4) is 11.5 Å². The normalized spacial score (nSPS) is 26.3. The third-order valence-corrected chi connectivity index (χ3v) is 5.48. The molecule has 1 aromatic heterocycles. The van der Waals surface area contributed by atoms with Crippen molar-refractivity contribution < 1.29 is 18.7 Å². The number of benzene rings is 1. The second-order valence-electron chi connectivity index (χ2n) is 7.29. The van der Waals surface area contributed by atoms with Crippen molar-refractivity contribution in [2.45, 2.75) is 45.1 Å². The summed E-state index contributed by atoms with van der Waals surface area (Å²) in [5.41, 5.74) is 0.823. The van der Waals surface area contributed by atoms with Gasteiger partial charge in [-0.2, -0.15) is 0 Å². The van der Waals surface area contributed by atoms with E-state index >= 15 is 0 Å². The standard InChI is InChI=1S/C20H22N2O4/c1-12(18-21-22-19(26-18)13-6-3-2-4-7-13)25-20(24)16-10-14-8-5-9-15(11-16)17(14)23/h2-4,6-7,12,14-16H,5,8-11H2,1H3. The van der Waals surface area contributed by atoms with Crippen LogP contribution in [0.1, 0.15) is 51.0 Å². The quantitative estimate of drug-likeness (QED) is 0.778. The molecule has 6 heteroatoms. The molecule has 2 saturated carbocycles. The SMILES string of the molecule is CC(OC(=O)C1CC2CCCC(C1)C2=O)c1nnc(-c2ccccc2)o1. The minimum atomic E-state index is -0.607. The van der Waals surface area contributed by atoms with E-state index in [4.69, 9.17) is 9.15 Å². The smallest absolute Gasteiger partial charge is 0.309 e. The molecule has 2 aliphatic rings. The summed E-state index contributed by atoms with van der Waals surface area (Å²) in [7, 11) is 0. The van der Waals surface area contributed by atoms with E-state index in [0.717, 1.165) is 24.8 Å². The Balaban J connectivity index is 1.40. The first-order valence-corrected chi connectivity index (χ1v) is 9.25. The average molecular weight is 354 g/mol. The predicted molar refractivity (Wildman–Crippen MR) is 92.8 cm³/mol. The molecule has 0 aliphatic heterocycles. The number of hydrogen-bond acceptors (Lipinski definition) is 6. The van der Waals surface area contributed by atoms with Gasteiger partial charge in [0.25, 0.3) is 5.89 Å². The first-order chi connectivity index (χ1) is 12.6. The van der Waals surface area contributed by atoms with E-state index in [2.05, 4.69) is 10.2 Å². The van der Waals surface area contributed by atoms with Gasteiger partial charge in [0.05, 0.1) is 5.92 Å². The molecule has 0 spiro atoms. The fourth-order valence-corrected chi connectivity index (χ4v) is 4.09. The number of ketones is 1. The van der Waals surface area contributed by atoms with Gasteiger partial charge in [-0.15, -0.1) is 10.2 Å². The average Bonchev–Trinajstić information content (AvgIpc) is 3.12. The van der Waals surface area contributed by atoms with E-state index < -0.39 is 6.10 Å². The monoisotopic (exact) mass is 354 g/mol. The molecule has 2 aliphatic carbocycles. The van der Waals surface area contributed by atoms with Crippen LogP contribution in [0, 0.1) is 17.8 Å². The van der Waals surface area contributed by atoms with E-state index in [9.17, 15) is 9.59 Å². The highest BCUT2D eigenvalue weighted by molar-refractivity contribution is 5.87. The van der Waals surface area contributed by atoms with Crippen LogP contribution in [0.4, 0.5) is 0 Å². The van der Waals surface area contributed by atoms with Crippen molar-refractivity contribution in [1.29, 1.82) is 0 Å². The molecule has 0 saturated heterocycles. The minimum Gasteiger partial charge on any atom is -0.452 e. The Morgan fingerprint density at radius 2 is 1.85 bits per heavy atom. The summed E-state index contributed by atoms with van der Waals surface area (Å²) in [6.07, 6.45) is 3.51. The second-order valence-corrected chi connectivity index (χ2v) is 7.29. The Hall–Kier alpha value is -2.50. The van der Waals surface area contributed by atoms with E-state index in [1.54, 1.807) is 6.92 Å². The number of nitrogens with zero attached hydrogens (tertiary/aromatic N) is 2. The van der Waals surface area contributed by atoms with Crippen molar-refractivity contribution in [2.24, 2.45) is 17.8 Å². The number of Topliss-reactive ketones (excluding diaryl/α,β-unsaturated/α-hetero) is 1. The largest absolute Gasteiger partial charge is 0.452 e. The maximum atomic E-state index is 12.6. The van der Waals surface area contributed by atoms with Gasteiger partial charge in [0.2, 0.25) is 5.89 Å². The molecule has 26 heavy (non-hydrogen) atoms. The van der Waals surface area contributed by atoms with Gasteiger partial charge in [0.1, 0.15) is 5.78 Å². The number of fused-ring (bicyclic) bond motifs is 2. The summed E-state index contributed by atoms with van der Waals surface area (Å²) < 4.78 is 11.2. The highest BCUT2D eigenvalue weighted by Gasteiger charge is 2.42. The van der Waals surface area contributed by atoms with Crippen LogP contribution in [-0.2, 0) is 14.3 Å². The molecular weight excluding hydrogens is 332 g/mol. The van der Waals surface area contributed by atoms with Crippen molar-refractivity contribution >= 4 is 11.8 Å². The van der Waals surface area contributed by atoms with Crippen LogP contribution in [-0.4, -0.2) is 21.9 Å². The van der Waals surface area contributed by atoms with Gasteiger partial charge in [-0.05, 0) is 44.7 Å². The second kappa shape index (κ2) is 7.02. The molecule has 136 valence electrons. The van der Waals surface area contributed by atoms with Gasteiger partial charge in [-0.25, -0.2) is 0 Å². The Labute approximate surface area is 151 Å². The zero-order chi connectivity index (χ0) is 18.1. The van der Waals surface area contributed by atoms with E-state index in [1.807, 2.05) is 30.3 Å². The molecule has 0 N–H and O–H groups in total. The first kappa shape index (κ1) is 16.9. The highest BCUT2D eigenvalue weighted by Crippen LogP contribution is 2.41. The highest BCUT2D eigenvalue weighted by atomic mass is 16.6. The molecule has 2 bridgehead atoms. The van der Waals surface area contributed by atoms with Gasteiger partial charge < -0.3 is 9.15 Å². The lowest BCUT2D eigenvalue weighted by Crippen LogP contribution is -2.39. The Bertz CT molecular complexity index is 785. The number of hydrogen-bond donors (Lipinski definition) is 0. The van der Waals surface area contributed by atoms with E-state index in [0.29, 0.717) is 24.5 Å². The molecule has 0 radical (unpaired) electrons. The number of esters is 1. The van der Waals surface area contributed by atoms with Gasteiger partial charge in [0.15, 0.2) is 6.10 Å². The van der Waals surface area contributed by atoms with Gasteiger partial charge in [0, 0.05) is 17.4 Å². The van der Waals surface area contributed by atoms with Crippen molar-refractivity contribution in [3.05, 3.63) is 36.2 Å². The zero-order valence-corrected chi connectivity index (χ0v) is 14.8. The minimum absolute atomic E-state index is 0.0310. The molecule has 2 fully saturated rings. The van der Waals surface area contributed by atoms with Crippen molar-refractivity contribution in [3.63, 3.8) is 0 Å². The summed E-state index contributed by atoms with van der Waals surface area (Å²) in [5, 5.41) is 8.04. The van der Waals surface area contributed by atoms with Crippen LogP contribution in [0.2, 0.25) is 0 Å². The van der Waals surface area contributed by atoms with Crippen LogP contribution in [0.15, 0.2) is 34.7 Å². The molecule has 4 rings (SSSR count). The fraction of sp³-hybridized carbons (Fsp3) is 0.500. The van der Waals surface area contributed by atoms with Crippen LogP contribution in [0.3, 0.4) is 0 Å². The lowest BCUT2D eigenvalue weighted by Gasteiger charge is -2.36. The maximum absolute atomic E-state index is 12.6. The third kappa shape index (κ3) is 3.28. The fourth-order valence-electron chi connectivity index (χ4n) is 4.09. The van der Waals surface area contributed by atoms with Crippen LogP contribution in [0.25, 0.3) is 11.5 Å². The maximum Gasteiger partial charge on any atom is 0.309 e. The molecule has 1 heterocycles. The molecule has 0 amide bonds. The van der Waals surface area contributed by atoms with E-state index in [-0.39, 0.29) is 29.6 Å². The Morgan fingerprint density at radius 1 is 1.15 bits per heavy atom. The van der Waals surface area contributed by atoms with Crippen molar-refractivity contribution in [1.82, 2.24) is 10.2 Å². The molecule has 3 atom stereocenters. The molecule has 1 aromatic carbocycles. The first-order valence-electron chi connectivity index (χ1n) is 9.25. The summed E-state index contributed by atoms with van der Waals surface area (Å²) in [6, 6.07) is 9.46. The molecule has 6 nitrogen and oxygen atoms in total. The van der Waals surface area contributed by atoms with Gasteiger partial charge in [-0.1, -0.05) is 24.6 Å². The van der Waals surface area contributed by atoms with Gasteiger partial charge >= 0.3 is 5.97 Å². The molecule has 3 unspecified atom stereocenters.